The van der Waals surface area contributed by atoms with Crippen molar-refractivity contribution in [2.24, 2.45) is 0 Å². The summed E-state index contributed by atoms with van der Waals surface area (Å²) in [5, 5.41) is 12.7. The predicted molar refractivity (Wildman–Crippen MR) is 81.6 cm³/mol. The van der Waals surface area contributed by atoms with Crippen molar-refractivity contribution in [2.75, 3.05) is 6.61 Å². The third-order valence-corrected chi connectivity index (χ3v) is 3.14. The third kappa shape index (κ3) is 3.75. The van der Waals surface area contributed by atoms with Crippen molar-refractivity contribution in [2.45, 2.75) is 20.4 Å². The van der Waals surface area contributed by atoms with E-state index < -0.39 is 0 Å². The van der Waals surface area contributed by atoms with E-state index in [9.17, 15) is 9.90 Å². The van der Waals surface area contributed by atoms with Crippen LogP contribution in [0.2, 0.25) is 0 Å². The van der Waals surface area contributed by atoms with Gasteiger partial charge in [0.2, 0.25) is 0 Å². The smallest absolute Gasteiger partial charge is 0.255 e. The van der Waals surface area contributed by atoms with Gasteiger partial charge in [-0.05, 0) is 43.2 Å². The number of phenolic OH excluding ortho intramolecular Hbond substituents is 1. The molecule has 2 aromatic rings. The van der Waals surface area contributed by atoms with Crippen LogP contribution in [0.3, 0.4) is 0 Å². The standard InChI is InChI=1S/C17H19NO3/c1-3-21-14-8-5-7-13(10-14)11-18-17(20)15-9-4-6-12(2)16(15)19/h4-10,19H,3,11H2,1-2H3,(H,18,20). The number of hydrogen-bond donors (Lipinski definition) is 2. The van der Waals surface area contributed by atoms with E-state index in [1.807, 2.05) is 31.2 Å². The fourth-order valence-corrected chi connectivity index (χ4v) is 2.03. The van der Waals surface area contributed by atoms with Crippen LogP contribution in [0.4, 0.5) is 0 Å². The Bertz CT molecular complexity index is 638. The Labute approximate surface area is 124 Å². The van der Waals surface area contributed by atoms with Crippen LogP contribution < -0.4 is 10.1 Å². The summed E-state index contributed by atoms with van der Waals surface area (Å²) in [6.07, 6.45) is 0. The maximum absolute atomic E-state index is 12.1. The van der Waals surface area contributed by atoms with Gasteiger partial charge in [0.15, 0.2) is 0 Å². The lowest BCUT2D eigenvalue weighted by Gasteiger charge is -2.09. The molecule has 2 N–H and O–H groups in total. The van der Waals surface area contributed by atoms with E-state index in [1.165, 1.54) is 0 Å². The van der Waals surface area contributed by atoms with Crippen molar-refractivity contribution in [1.82, 2.24) is 5.32 Å². The zero-order valence-electron chi connectivity index (χ0n) is 12.2. The number of ether oxygens (including phenoxy) is 1. The lowest BCUT2D eigenvalue weighted by molar-refractivity contribution is 0.0948. The van der Waals surface area contributed by atoms with E-state index in [-0.39, 0.29) is 17.2 Å². The van der Waals surface area contributed by atoms with Gasteiger partial charge in [-0.2, -0.15) is 0 Å². The summed E-state index contributed by atoms with van der Waals surface area (Å²) in [7, 11) is 0. The number of rotatable bonds is 5. The summed E-state index contributed by atoms with van der Waals surface area (Å²) in [5.41, 5.74) is 1.92. The van der Waals surface area contributed by atoms with E-state index in [0.29, 0.717) is 18.7 Å². The summed E-state index contributed by atoms with van der Waals surface area (Å²) < 4.78 is 5.42. The third-order valence-electron chi connectivity index (χ3n) is 3.14. The summed E-state index contributed by atoms with van der Waals surface area (Å²) in [6, 6.07) is 12.7. The number of aryl methyl sites for hydroxylation is 1. The Hall–Kier alpha value is -2.49. The van der Waals surface area contributed by atoms with E-state index in [2.05, 4.69) is 5.32 Å². The predicted octanol–water partition coefficient (Wildman–Crippen LogP) is 3.03. The highest BCUT2D eigenvalue weighted by atomic mass is 16.5. The lowest BCUT2D eigenvalue weighted by atomic mass is 10.1. The van der Waals surface area contributed by atoms with Gasteiger partial charge in [-0.3, -0.25) is 4.79 Å². The Morgan fingerprint density at radius 1 is 1.24 bits per heavy atom. The monoisotopic (exact) mass is 285 g/mol. The molecule has 0 bridgehead atoms. The van der Waals surface area contributed by atoms with Crippen molar-refractivity contribution in [3.63, 3.8) is 0 Å². The summed E-state index contributed by atoms with van der Waals surface area (Å²) in [6.45, 7) is 4.67. The van der Waals surface area contributed by atoms with Crippen LogP contribution in [0.25, 0.3) is 0 Å². The van der Waals surface area contributed by atoms with E-state index in [4.69, 9.17) is 4.74 Å². The average molecular weight is 285 g/mol. The first-order valence-corrected chi connectivity index (χ1v) is 6.90. The maximum Gasteiger partial charge on any atom is 0.255 e. The highest BCUT2D eigenvalue weighted by Gasteiger charge is 2.12. The first-order valence-electron chi connectivity index (χ1n) is 6.90. The zero-order valence-corrected chi connectivity index (χ0v) is 12.2. The number of aromatic hydroxyl groups is 1. The molecule has 4 heteroatoms. The Kier molecular flexibility index (Phi) is 4.82. The van der Waals surface area contributed by atoms with Gasteiger partial charge in [0.05, 0.1) is 12.2 Å². The molecule has 0 saturated heterocycles. The zero-order chi connectivity index (χ0) is 15.2. The number of nitrogens with one attached hydrogen (secondary N) is 1. The Balaban J connectivity index is 2.04. The number of para-hydroxylation sites is 1. The van der Waals surface area contributed by atoms with E-state index >= 15 is 0 Å². The minimum Gasteiger partial charge on any atom is -0.507 e. The number of carbonyl (C=O) groups excluding carboxylic acids is 1. The molecule has 0 radical (unpaired) electrons. The van der Waals surface area contributed by atoms with Crippen LogP contribution in [0.15, 0.2) is 42.5 Å². The van der Waals surface area contributed by atoms with Gasteiger partial charge in [0, 0.05) is 6.54 Å². The molecule has 0 aliphatic heterocycles. The molecule has 0 spiro atoms. The molecule has 21 heavy (non-hydrogen) atoms. The van der Waals surface area contributed by atoms with Gasteiger partial charge in [0.25, 0.3) is 5.91 Å². The summed E-state index contributed by atoms with van der Waals surface area (Å²) in [5.74, 6) is 0.513. The van der Waals surface area contributed by atoms with Crippen LogP contribution in [-0.2, 0) is 6.54 Å². The normalized spacial score (nSPS) is 10.2. The number of phenols is 1. The number of carbonyl (C=O) groups is 1. The fourth-order valence-electron chi connectivity index (χ4n) is 2.03. The molecule has 1 amide bonds. The van der Waals surface area contributed by atoms with Gasteiger partial charge in [-0.1, -0.05) is 24.3 Å². The second kappa shape index (κ2) is 6.79. The SMILES string of the molecule is CCOc1cccc(CNC(=O)c2cccc(C)c2O)c1. The molecule has 0 atom stereocenters. The molecule has 0 fully saturated rings. The minimum atomic E-state index is -0.294. The quantitative estimate of drug-likeness (QED) is 0.887. The van der Waals surface area contributed by atoms with E-state index in [0.717, 1.165) is 11.3 Å². The largest absolute Gasteiger partial charge is 0.507 e. The number of hydrogen-bond acceptors (Lipinski definition) is 3. The van der Waals surface area contributed by atoms with Crippen molar-refractivity contribution >= 4 is 5.91 Å². The highest BCUT2D eigenvalue weighted by molar-refractivity contribution is 5.97. The average Bonchev–Trinajstić information content (AvgIpc) is 2.48. The van der Waals surface area contributed by atoms with Gasteiger partial charge in [-0.15, -0.1) is 0 Å². The van der Waals surface area contributed by atoms with Crippen molar-refractivity contribution in [3.8, 4) is 11.5 Å². The Morgan fingerprint density at radius 3 is 2.76 bits per heavy atom. The highest BCUT2D eigenvalue weighted by Crippen LogP contribution is 2.21. The van der Waals surface area contributed by atoms with Gasteiger partial charge in [0.1, 0.15) is 11.5 Å². The van der Waals surface area contributed by atoms with Crippen molar-refractivity contribution in [1.29, 1.82) is 0 Å². The molecule has 110 valence electrons. The molecule has 0 aromatic heterocycles. The van der Waals surface area contributed by atoms with Crippen LogP contribution in [-0.4, -0.2) is 17.6 Å². The fraction of sp³-hybridized carbons (Fsp3) is 0.235. The van der Waals surface area contributed by atoms with Crippen LogP contribution in [0.1, 0.15) is 28.4 Å². The maximum atomic E-state index is 12.1. The second-order valence-corrected chi connectivity index (χ2v) is 4.73. The molecule has 2 aromatic carbocycles. The minimum absolute atomic E-state index is 0.0260. The van der Waals surface area contributed by atoms with Crippen molar-refractivity contribution in [3.05, 3.63) is 59.2 Å². The van der Waals surface area contributed by atoms with Crippen molar-refractivity contribution < 1.29 is 14.6 Å². The Morgan fingerprint density at radius 2 is 2.00 bits per heavy atom. The van der Waals surface area contributed by atoms with Gasteiger partial charge < -0.3 is 15.2 Å². The number of amides is 1. The molecule has 0 aliphatic rings. The second-order valence-electron chi connectivity index (χ2n) is 4.73. The van der Waals surface area contributed by atoms with E-state index in [1.54, 1.807) is 25.1 Å². The first-order chi connectivity index (χ1) is 10.1. The van der Waals surface area contributed by atoms with Crippen LogP contribution in [0.5, 0.6) is 11.5 Å². The topological polar surface area (TPSA) is 58.6 Å². The molecule has 0 heterocycles. The van der Waals surface area contributed by atoms with Gasteiger partial charge >= 0.3 is 0 Å². The molecular weight excluding hydrogens is 266 g/mol. The van der Waals surface area contributed by atoms with Crippen LogP contribution >= 0.6 is 0 Å². The molecule has 0 aliphatic carbocycles. The van der Waals surface area contributed by atoms with Gasteiger partial charge in [-0.25, -0.2) is 0 Å². The summed E-state index contributed by atoms with van der Waals surface area (Å²) >= 11 is 0. The number of benzene rings is 2. The van der Waals surface area contributed by atoms with Crippen LogP contribution in [0, 0.1) is 6.92 Å². The molecule has 0 saturated carbocycles. The summed E-state index contributed by atoms with van der Waals surface area (Å²) in [4.78, 5) is 12.1. The molecule has 2 rings (SSSR count). The molecule has 4 nitrogen and oxygen atoms in total. The molecule has 0 unspecified atom stereocenters. The first kappa shape index (κ1) is 14.9. The lowest BCUT2D eigenvalue weighted by Crippen LogP contribution is -2.23. The molecular formula is C17H19NO3.